The third kappa shape index (κ3) is 5.73. The lowest BCUT2D eigenvalue weighted by atomic mass is 9.65. The van der Waals surface area contributed by atoms with Crippen molar-refractivity contribution in [1.82, 2.24) is 4.90 Å². The van der Waals surface area contributed by atoms with Gasteiger partial charge >= 0.3 is 0 Å². The summed E-state index contributed by atoms with van der Waals surface area (Å²) < 4.78 is 5.23. The highest BCUT2D eigenvalue weighted by Gasteiger charge is 2.34. The number of methoxy groups -OCH3 is 1. The van der Waals surface area contributed by atoms with Crippen molar-refractivity contribution >= 4 is 23.7 Å². The van der Waals surface area contributed by atoms with Gasteiger partial charge in [0.05, 0.1) is 6.61 Å². The predicted molar refractivity (Wildman–Crippen MR) is 119 cm³/mol. The molecule has 0 aromatic heterocycles. The van der Waals surface area contributed by atoms with E-state index in [1.54, 1.807) is 7.11 Å². The molecule has 3 nitrogen and oxygen atoms in total. The Bertz CT molecular complexity index is 646. The van der Waals surface area contributed by atoms with Crippen LogP contribution in [-0.4, -0.2) is 51.3 Å². The van der Waals surface area contributed by atoms with Crippen LogP contribution in [0.25, 0.3) is 5.57 Å². The van der Waals surface area contributed by atoms with Crippen LogP contribution in [0.3, 0.4) is 0 Å². The highest BCUT2D eigenvalue weighted by molar-refractivity contribution is 5.85. The minimum atomic E-state index is 0. The molecule has 0 amide bonds. The fourth-order valence-electron chi connectivity index (χ4n) is 5.01. The molecule has 0 N–H and O–H groups in total. The first-order valence-electron chi connectivity index (χ1n) is 10.1. The van der Waals surface area contributed by atoms with E-state index in [0.29, 0.717) is 5.41 Å². The first-order chi connectivity index (χ1) is 12.3. The van der Waals surface area contributed by atoms with Crippen molar-refractivity contribution < 1.29 is 4.74 Å². The fourth-order valence-corrected chi connectivity index (χ4v) is 5.01. The minimum absolute atomic E-state index is 0. The second kappa shape index (κ2) is 8.98. The maximum atomic E-state index is 5.23. The highest BCUT2D eigenvalue weighted by Crippen LogP contribution is 2.48. The van der Waals surface area contributed by atoms with Crippen molar-refractivity contribution in [3.63, 3.8) is 0 Å². The Morgan fingerprint density at radius 3 is 2.30 bits per heavy atom. The molecule has 27 heavy (non-hydrogen) atoms. The molecule has 1 aromatic carbocycles. The van der Waals surface area contributed by atoms with Gasteiger partial charge in [0.1, 0.15) is 0 Å². The first kappa shape index (κ1) is 22.3. The first-order valence-corrected chi connectivity index (χ1v) is 10.1. The summed E-state index contributed by atoms with van der Waals surface area (Å²) in [5.41, 5.74) is 5.02. The Kier molecular flexibility index (Phi) is 7.40. The van der Waals surface area contributed by atoms with E-state index < -0.39 is 0 Å². The number of ether oxygens (including phenoxy) is 1. The third-order valence-electron chi connectivity index (χ3n) is 5.74. The zero-order valence-corrected chi connectivity index (χ0v) is 18.6. The van der Waals surface area contributed by atoms with Crippen LogP contribution in [-0.2, 0) is 4.74 Å². The molecule has 2 aliphatic rings. The summed E-state index contributed by atoms with van der Waals surface area (Å²) in [6, 6.07) is 9.03. The van der Waals surface area contributed by atoms with Crippen LogP contribution >= 0.6 is 12.4 Å². The average Bonchev–Trinajstić information content (AvgIpc) is 2.58. The molecule has 4 heteroatoms. The number of benzene rings is 1. The molecular weight excluding hydrogens is 356 g/mol. The van der Waals surface area contributed by atoms with Crippen LogP contribution in [0.15, 0.2) is 30.3 Å². The summed E-state index contributed by atoms with van der Waals surface area (Å²) >= 11 is 0. The van der Waals surface area contributed by atoms with Gasteiger partial charge in [-0.25, -0.2) is 0 Å². The molecule has 1 aliphatic heterocycles. The lowest BCUT2D eigenvalue weighted by Crippen LogP contribution is -2.47. The molecule has 0 spiro atoms. The molecule has 1 heterocycles. The van der Waals surface area contributed by atoms with Crippen LogP contribution in [0.4, 0.5) is 5.69 Å². The lowest BCUT2D eigenvalue weighted by Gasteiger charge is -2.41. The van der Waals surface area contributed by atoms with Gasteiger partial charge in [-0.3, -0.25) is 4.90 Å². The van der Waals surface area contributed by atoms with Crippen LogP contribution in [0.5, 0.6) is 0 Å². The number of hydrogen-bond donors (Lipinski definition) is 0. The zero-order chi connectivity index (χ0) is 18.8. The standard InChI is InChI=1S/C23H36N2O.ClH/c1-22(2)16-19(17-23(3,4)18-22)20-8-6-7-9-21(20)25-12-10-24(11-13-25)14-15-26-5;/h6-9,16H,10-15,17-18H2,1-5H3;1H. The number of nitrogens with zero attached hydrogens (tertiary/aromatic N) is 2. The van der Waals surface area contributed by atoms with Crippen LogP contribution in [0.1, 0.15) is 46.1 Å². The number of piperazine rings is 1. The minimum Gasteiger partial charge on any atom is -0.383 e. The Labute approximate surface area is 172 Å². The van der Waals surface area contributed by atoms with E-state index >= 15 is 0 Å². The molecule has 0 radical (unpaired) electrons. The summed E-state index contributed by atoms with van der Waals surface area (Å²) in [5, 5.41) is 0. The largest absolute Gasteiger partial charge is 0.383 e. The summed E-state index contributed by atoms with van der Waals surface area (Å²) in [7, 11) is 1.79. The molecule has 0 bridgehead atoms. The number of hydrogen-bond acceptors (Lipinski definition) is 3. The van der Waals surface area contributed by atoms with Gasteiger partial charge in [0.25, 0.3) is 0 Å². The van der Waals surface area contributed by atoms with Crippen molar-refractivity contribution in [2.75, 3.05) is 51.3 Å². The molecule has 152 valence electrons. The topological polar surface area (TPSA) is 15.7 Å². The van der Waals surface area contributed by atoms with E-state index in [4.69, 9.17) is 4.74 Å². The zero-order valence-electron chi connectivity index (χ0n) is 17.8. The van der Waals surface area contributed by atoms with Gasteiger partial charge in [-0.2, -0.15) is 0 Å². The van der Waals surface area contributed by atoms with Crippen molar-refractivity contribution in [2.24, 2.45) is 10.8 Å². The summed E-state index contributed by atoms with van der Waals surface area (Å²) in [5.74, 6) is 0. The Morgan fingerprint density at radius 2 is 1.67 bits per heavy atom. The predicted octanol–water partition coefficient (Wildman–Crippen LogP) is 5.11. The molecule has 0 unspecified atom stereocenters. The molecule has 1 fully saturated rings. The van der Waals surface area contributed by atoms with E-state index in [2.05, 4.69) is 67.8 Å². The van der Waals surface area contributed by atoms with Crippen LogP contribution < -0.4 is 4.90 Å². The molecule has 3 rings (SSSR count). The second-order valence-electron chi connectivity index (χ2n) is 9.51. The van der Waals surface area contributed by atoms with E-state index in [-0.39, 0.29) is 17.8 Å². The van der Waals surface area contributed by atoms with Crippen molar-refractivity contribution in [1.29, 1.82) is 0 Å². The summed E-state index contributed by atoms with van der Waals surface area (Å²) in [6.45, 7) is 15.9. The van der Waals surface area contributed by atoms with Gasteiger partial charge in [-0.05, 0) is 35.3 Å². The lowest BCUT2D eigenvalue weighted by molar-refractivity contribution is 0.144. The molecule has 0 saturated carbocycles. The number of anilines is 1. The van der Waals surface area contributed by atoms with Crippen molar-refractivity contribution in [3.8, 4) is 0 Å². The van der Waals surface area contributed by atoms with E-state index in [1.165, 1.54) is 29.7 Å². The van der Waals surface area contributed by atoms with Gasteiger partial charge < -0.3 is 9.64 Å². The van der Waals surface area contributed by atoms with Crippen molar-refractivity contribution in [2.45, 2.75) is 40.5 Å². The number of halogens is 1. The van der Waals surface area contributed by atoms with Crippen molar-refractivity contribution in [3.05, 3.63) is 35.9 Å². The molecule has 1 saturated heterocycles. The maximum Gasteiger partial charge on any atom is 0.0589 e. The van der Waals surface area contributed by atoms with E-state index in [9.17, 15) is 0 Å². The molecule has 1 aliphatic carbocycles. The average molecular weight is 393 g/mol. The quantitative estimate of drug-likeness (QED) is 0.692. The Balaban J connectivity index is 0.00000261. The number of rotatable bonds is 5. The Morgan fingerprint density at radius 1 is 1.00 bits per heavy atom. The SMILES string of the molecule is COCCN1CCN(c2ccccc2C2=CC(C)(C)CC(C)(C)C2)CC1.Cl. The van der Waals surface area contributed by atoms with Crippen LogP contribution in [0, 0.1) is 10.8 Å². The molecular formula is C23H37ClN2O. The van der Waals surface area contributed by atoms with E-state index in [0.717, 1.165) is 39.3 Å². The monoisotopic (exact) mass is 392 g/mol. The van der Waals surface area contributed by atoms with Gasteiger partial charge in [0.2, 0.25) is 0 Å². The van der Waals surface area contributed by atoms with Gasteiger partial charge in [-0.15, -0.1) is 12.4 Å². The summed E-state index contributed by atoms with van der Waals surface area (Å²) in [6.07, 6.45) is 4.96. The van der Waals surface area contributed by atoms with Crippen LogP contribution in [0.2, 0.25) is 0 Å². The second-order valence-corrected chi connectivity index (χ2v) is 9.51. The van der Waals surface area contributed by atoms with Gasteiger partial charge in [0.15, 0.2) is 0 Å². The normalized spacial score (nSPS) is 22.1. The maximum absolute atomic E-state index is 5.23. The Hall–Kier alpha value is -1.03. The fraction of sp³-hybridized carbons (Fsp3) is 0.652. The summed E-state index contributed by atoms with van der Waals surface area (Å²) in [4.78, 5) is 5.09. The third-order valence-corrected chi connectivity index (χ3v) is 5.74. The smallest absolute Gasteiger partial charge is 0.0589 e. The van der Waals surface area contributed by atoms with E-state index in [1.807, 2.05) is 0 Å². The van der Waals surface area contributed by atoms with Gasteiger partial charge in [0, 0.05) is 51.1 Å². The number of allylic oxidation sites excluding steroid dienone is 2. The van der Waals surface area contributed by atoms with Gasteiger partial charge in [-0.1, -0.05) is 52.0 Å². The number of para-hydroxylation sites is 1. The molecule has 0 atom stereocenters. The highest BCUT2D eigenvalue weighted by atomic mass is 35.5. The molecule has 1 aromatic rings.